The first-order valence-electron chi connectivity index (χ1n) is 8.42. The molecule has 0 bridgehead atoms. The number of aromatic carboxylic acids is 1. The van der Waals surface area contributed by atoms with E-state index in [9.17, 15) is 18.0 Å². The molecule has 0 aromatic carbocycles. The molecule has 0 aliphatic rings. The molecule has 4 nitrogen and oxygen atoms in total. The lowest BCUT2D eigenvalue weighted by Crippen LogP contribution is -2.14. The van der Waals surface area contributed by atoms with E-state index in [1.165, 1.54) is 51.4 Å². The van der Waals surface area contributed by atoms with Crippen molar-refractivity contribution >= 4 is 5.97 Å². The van der Waals surface area contributed by atoms with E-state index in [1.807, 2.05) is 0 Å². The van der Waals surface area contributed by atoms with E-state index in [4.69, 9.17) is 10.8 Å². The molecular weight excluding hydrogens is 321 g/mol. The number of nitrogens with zero attached hydrogens (tertiary/aromatic N) is 1. The first-order valence-corrected chi connectivity index (χ1v) is 8.42. The van der Waals surface area contributed by atoms with Gasteiger partial charge in [-0.1, -0.05) is 51.9 Å². The third kappa shape index (κ3) is 8.96. The van der Waals surface area contributed by atoms with E-state index in [1.54, 1.807) is 0 Å². The quantitative estimate of drug-likeness (QED) is 0.627. The lowest BCUT2D eigenvalue weighted by atomic mass is 10.1. The highest BCUT2D eigenvalue weighted by Crippen LogP contribution is 2.30. The average molecular weight is 350 g/mol. The van der Waals surface area contributed by atoms with Crippen LogP contribution in [0.25, 0.3) is 0 Å². The van der Waals surface area contributed by atoms with Gasteiger partial charge in [0.1, 0.15) is 11.4 Å². The van der Waals surface area contributed by atoms with Crippen LogP contribution < -0.4 is 5.73 Å². The number of carboxylic acid groups (broad SMARTS) is 1. The first kappa shape index (κ1) is 22.5. The fourth-order valence-corrected chi connectivity index (χ4v) is 2.29. The van der Waals surface area contributed by atoms with Gasteiger partial charge in [0.15, 0.2) is 0 Å². The molecule has 1 heterocycles. The third-order valence-electron chi connectivity index (χ3n) is 3.69. The first-order chi connectivity index (χ1) is 11.3. The molecule has 140 valence electrons. The largest absolute Gasteiger partial charge is 0.477 e. The number of rotatable bonds is 9. The van der Waals surface area contributed by atoms with Gasteiger partial charge in [0.2, 0.25) is 0 Å². The molecule has 3 N–H and O–H groups in total. The standard InChI is InChI=1S/C10H23N.C7H6F3NO2/c1-2-3-4-5-6-7-8-9-10-11;1-11-4(6(12)13)2-3-5(11)7(8,9)10/h2-11H2,1H3;2-3H,1H3,(H,12,13). The lowest BCUT2D eigenvalue weighted by Gasteiger charge is -2.08. The van der Waals surface area contributed by atoms with Gasteiger partial charge in [0, 0.05) is 7.05 Å². The van der Waals surface area contributed by atoms with Crippen LogP contribution in [0.1, 0.15) is 74.5 Å². The smallest absolute Gasteiger partial charge is 0.431 e. The van der Waals surface area contributed by atoms with Gasteiger partial charge >= 0.3 is 12.1 Å². The summed E-state index contributed by atoms with van der Waals surface area (Å²) in [7, 11) is 1.06. The number of carboxylic acids is 1. The molecule has 1 aromatic rings. The summed E-state index contributed by atoms with van der Waals surface area (Å²) in [5.74, 6) is -1.38. The Morgan fingerprint density at radius 2 is 1.58 bits per heavy atom. The molecule has 0 saturated carbocycles. The van der Waals surface area contributed by atoms with Gasteiger partial charge in [-0.3, -0.25) is 0 Å². The van der Waals surface area contributed by atoms with Crippen molar-refractivity contribution < 1.29 is 23.1 Å². The number of aromatic nitrogens is 1. The zero-order chi connectivity index (χ0) is 18.6. The number of carbonyl (C=O) groups is 1. The molecule has 1 aromatic heterocycles. The molecule has 0 unspecified atom stereocenters. The number of halogens is 3. The summed E-state index contributed by atoms with van der Waals surface area (Å²) < 4.78 is 36.9. The Morgan fingerprint density at radius 3 is 1.92 bits per heavy atom. The SMILES string of the molecule is CCCCCCCCCCN.Cn1c(C(=O)O)ccc1C(F)(F)F. The van der Waals surface area contributed by atoms with Crippen LogP contribution in [0, 0.1) is 0 Å². The Morgan fingerprint density at radius 1 is 1.08 bits per heavy atom. The third-order valence-corrected chi connectivity index (χ3v) is 3.69. The van der Waals surface area contributed by atoms with Crippen molar-refractivity contribution in [3.63, 3.8) is 0 Å². The Hall–Kier alpha value is -1.50. The monoisotopic (exact) mass is 350 g/mol. The van der Waals surface area contributed by atoms with Crippen LogP contribution in [-0.2, 0) is 13.2 Å². The van der Waals surface area contributed by atoms with Crippen molar-refractivity contribution in [3.05, 3.63) is 23.5 Å². The van der Waals surface area contributed by atoms with Crippen LogP contribution in [0.4, 0.5) is 13.2 Å². The van der Waals surface area contributed by atoms with Gasteiger partial charge in [-0.2, -0.15) is 13.2 Å². The zero-order valence-corrected chi connectivity index (χ0v) is 14.5. The highest BCUT2D eigenvalue weighted by atomic mass is 19.4. The second-order valence-corrected chi connectivity index (χ2v) is 5.73. The van der Waals surface area contributed by atoms with E-state index in [0.29, 0.717) is 4.57 Å². The molecule has 0 amide bonds. The normalized spacial score (nSPS) is 11.1. The lowest BCUT2D eigenvalue weighted by molar-refractivity contribution is -0.143. The highest BCUT2D eigenvalue weighted by molar-refractivity contribution is 5.86. The Balaban J connectivity index is 0.000000449. The van der Waals surface area contributed by atoms with E-state index >= 15 is 0 Å². The van der Waals surface area contributed by atoms with Gasteiger partial charge in [-0.15, -0.1) is 0 Å². The van der Waals surface area contributed by atoms with Crippen LogP contribution in [0.5, 0.6) is 0 Å². The second kappa shape index (κ2) is 11.9. The molecule has 0 aliphatic carbocycles. The molecular formula is C17H29F3N2O2. The van der Waals surface area contributed by atoms with E-state index in [0.717, 1.165) is 25.7 Å². The van der Waals surface area contributed by atoms with Gasteiger partial charge in [0.25, 0.3) is 0 Å². The molecule has 1 rings (SSSR count). The minimum absolute atomic E-state index is 0.382. The molecule has 0 spiro atoms. The summed E-state index contributed by atoms with van der Waals surface area (Å²) in [6, 6.07) is 1.66. The zero-order valence-electron chi connectivity index (χ0n) is 14.5. The minimum atomic E-state index is -4.51. The van der Waals surface area contributed by atoms with Crippen LogP contribution in [0.2, 0.25) is 0 Å². The van der Waals surface area contributed by atoms with Crippen molar-refractivity contribution in [2.24, 2.45) is 12.8 Å². The van der Waals surface area contributed by atoms with Gasteiger partial charge in [0.05, 0.1) is 0 Å². The van der Waals surface area contributed by atoms with Crippen molar-refractivity contribution in [3.8, 4) is 0 Å². The van der Waals surface area contributed by atoms with Crippen molar-refractivity contribution in [2.75, 3.05) is 6.54 Å². The molecule has 0 radical (unpaired) electrons. The number of nitrogens with two attached hydrogens (primary N) is 1. The van der Waals surface area contributed by atoms with Crippen LogP contribution >= 0.6 is 0 Å². The average Bonchev–Trinajstić information content (AvgIpc) is 2.89. The molecule has 24 heavy (non-hydrogen) atoms. The second-order valence-electron chi connectivity index (χ2n) is 5.73. The van der Waals surface area contributed by atoms with Gasteiger partial charge in [-0.25, -0.2) is 4.79 Å². The summed E-state index contributed by atoms with van der Waals surface area (Å²) in [5.41, 5.74) is 4.04. The van der Waals surface area contributed by atoms with Crippen LogP contribution in [0.3, 0.4) is 0 Å². The van der Waals surface area contributed by atoms with E-state index in [2.05, 4.69) is 6.92 Å². The Labute approximate surface area is 141 Å². The summed E-state index contributed by atoms with van der Waals surface area (Å²) in [6.07, 6.45) is 6.47. The Kier molecular flexibility index (Phi) is 11.2. The number of unbranched alkanes of at least 4 members (excludes halogenated alkanes) is 7. The number of alkyl halides is 3. The maximum atomic E-state index is 12.1. The molecule has 0 atom stereocenters. The summed E-state index contributed by atoms with van der Waals surface area (Å²) >= 11 is 0. The van der Waals surface area contributed by atoms with Crippen LogP contribution in [0.15, 0.2) is 12.1 Å². The summed E-state index contributed by atoms with van der Waals surface area (Å²) in [6.45, 7) is 3.13. The van der Waals surface area contributed by atoms with Crippen LogP contribution in [-0.4, -0.2) is 22.2 Å². The van der Waals surface area contributed by atoms with E-state index < -0.39 is 17.8 Å². The van der Waals surface area contributed by atoms with Gasteiger partial charge in [-0.05, 0) is 25.1 Å². The molecule has 0 fully saturated rings. The predicted octanol–water partition coefficient (Wildman–Crippen LogP) is 4.83. The van der Waals surface area contributed by atoms with Gasteiger partial charge < -0.3 is 15.4 Å². The fourth-order valence-electron chi connectivity index (χ4n) is 2.29. The Bertz CT molecular complexity index is 463. The molecule has 0 saturated heterocycles. The molecule has 7 heteroatoms. The number of hydrogen-bond donors (Lipinski definition) is 2. The summed E-state index contributed by atoms with van der Waals surface area (Å²) in [4.78, 5) is 10.4. The predicted molar refractivity (Wildman–Crippen MR) is 89.0 cm³/mol. The summed E-state index contributed by atoms with van der Waals surface area (Å²) in [5, 5.41) is 8.46. The van der Waals surface area contributed by atoms with Crippen molar-refractivity contribution in [2.45, 2.75) is 64.5 Å². The molecule has 0 aliphatic heterocycles. The minimum Gasteiger partial charge on any atom is -0.477 e. The topological polar surface area (TPSA) is 68.2 Å². The maximum Gasteiger partial charge on any atom is 0.431 e. The fraction of sp³-hybridized carbons (Fsp3) is 0.706. The van der Waals surface area contributed by atoms with E-state index in [-0.39, 0.29) is 5.69 Å². The highest BCUT2D eigenvalue weighted by Gasteiger charge is 2.34. The van der Waals surface area contributed by atoms with Crippen molar-refractivity contribution in [1.82, 2.24) is 4.57 Å². The number of hydrogen-bond acceptors (Lipinski definition) is 2. The maximum absolute atomic E-state index is 12.1. The van der Waals surface area contributed by atoms with Crippen molar-refractivity contribution in [1.29, 1.82) is 0 Å².